The van der Waals surface area contributed by atoms with Crippen LogP contribution in [0.1, 0.15) is 156 Å². The van der Waals surface area contributed by atoms with Gasteiger partial charge in [-0.15, -0.1) is 0 Å². The lowest BCUT2D eigenvalue weighted by molar-refractivity contribution is -0.376. The number of rotatable bonds is 72. The van der Waals surface area contributed by atoms with Crippen LogP contribution in [0.5, 0.6) is 0 Å². The number of carboxylic acid groups (broad SMARTS) is 2. The Hall–Kier alpha value is -5.22. The summed E-state index contributed by atoms with van der Waals surface area (Å²) in [4.78, 5) is 97.1. The molecule has 722 valence electrons. The second-order valence-corrected chi connectivity index (χ2v) is 32.2. The fraction of sp³-hybridized carbons (Fsp3) is 0.895. The van der Waals surface area contributed by atoms with Gasteiger partial charge in [-0.3, -0.25) is 37.9 Å². The number of aliphatic hydroxyl groups is 7. The molecule has 0 bridgehead atoms. The zero-order chi connectivity index (χ0) is 91.2. The molecule has 0 aromatic rings. The number of nitrogens with one attached hydrogen (secondary N) is 5. The van der Waals surface area contributed by atoms with Gasteiger partial charge in [-0.05, 0) is 51.9 Å². The normalized spacial score (nSPS) is 26.7. The number of hydrogen-bond donors (Lipinski definition) is 16. The van der Waals surface area contributed by atoms with Crippen molar-refractivity contribution in [2.45, 2.75) is 266 Å². The number of amides is 5. The topological polar surface area (TPSA) is 654 Å². The minimum Gasteiger partial charge on any atom is -0.479 e. The maximum atomic E-state index is 12.6. The molecular formula is C76H135N5O41S2. The lowest BCUT2D eigenvalue weighted by atomic mass is 9.91. The molecule has 0 aromatic carbocycles. The molecule has 46 nitrogen and oxygen atoms in total. The van der Waals surface area contributed by atoms with Crippen molar-refractivity contribution in [2.75, 3.05) is 158 Å². The molecule has 0 saturated carbocycles. The minimum atomic E-state index is -5.32. The van der Waals surface area contributed by atoms with Crippen molar-refractivity contribution >= 4 is 68.1 Å². The molecule has 0 aliphatic carbocycles. The van der Waals surface area contributed by atoms with Gasteiger partial charge in [0.1, 0.15) is 66.8 Å². The van der Waals surface area contributed by atoms with Crippen molar-refractivity contribution in [2.24, 2.45) is 11.8 Å². The number of aliphatic hydroxyl groups excluding tert-OH is 7. The molecule has 4 fully saturated rings. The molecule has 4 aliphatic rings. The quantitative estimate of drug-likeness (QED) is 0.0215. The van der Waals surface area contributed by atoms with Crippen molar-refractivity contribution in [3.05, 3.63) is 0 Å². The molecule has 0 radical (unpaired) electrons. The summed E-state index contributed by atoms with van der Waals surface area (Å²) in [5, 5.41) is 112. The van der Waals surface area contributed by atoms with Crippen LogP contribution >= 0.6 is 0 Å². The van der Waals surface area contributed by atoms with Crippen LogP contribution in [0.3, 0.4) is 0 Å². The smallest absolute Gasteiger partial charge is 0.397 e. The van der Waals surface area contributed by atoms with E-state index in [1.165, 1.54) is 20.8 Å². The number of hydrogen-bond acceptors (Lipinski definition) is 37. The number of Topliss-reactive ketones (excluding diaryl/α,β-unsaturated/α-hetero) is 1. The van der Waals surface area contributed by atoms with Gasteiger partial charge >= 0.3 is 32.7 Å². The summed E-state index contributed by atoms with van der Waals surface area (Å²) in [5.74, 6) is -6.66. The summed E-state index contributed by atoms with van der Waals surface area (Å²) >= 11 is 0. The van der Waals surface area contributed by atoms with Crippen LogP contribution < -0.4 is 26.6 Å². The van der Waals surface area contributed by atoms with E-state index in [-0.39, 0.29) is 81.0 Å². The van der Waals surface area contributed by atoms with E-state index in [9.17, 15) is 106 Å². The fourth-order valence-corrected chi connectivity index (χ4v) is 13.5. The van der Waals surface area contributed by atoms with Gasteiger partial charge in [-0.2, -0.15) is 16.8 Å². The first-order valence-corrected chi connectivity index (χ1v) is 45.0. The van der Waals surface area contributed by atoms with E-state index in [2.05, 4.69) is 35.0 Å². The second kappa shape index (κ2) is 63.7. The van der Waals surface area contributed by atoms with Crippen LogP contribution in [0.4, 0.5) is 0 Å². The van der Waals surface area contributed by atoms with Crippen LogP contribution in [0.25, 0.3) is 0 Å². The summed E-state index contributed by atoms with van der Waals surface area (Å²) in [6.07, 6.45) is -22.8. The van der Waals surface area contributed by atoms with Crippen molar-refractivity contribution < 1.29 is 194 Å². The van der Waals surface area contributed by atoms with Crippen LogP contribution in [0.2, 0.25) is 0 Å². The molecule has 4 saturated heterocycles. The number of carboxylic acids is 2. The van der Waals surface area contributed by atoms with E-state index in [1.807, 2.05) is 0 Å². The predicted molar refractivity (Wildman–Crippen MR) is 425 cm³/mol. The van der Waals surface area contributed by atoms with Crippen LogP contribution in [-0.2, 0) is 143 Å². The Labute approximate surface area is 722 Å². The molecule has 0 aromatic heterocycles. The third-order valence-electron chi connectivity index (χ3n) is 19.9. The van der Waals surface area contributed by atoms with E-state index in [0.717, 1.165) is 64.2 Å². The van der Waals surface area contributed by atoms with E-state index < -0.39 is 168 Å². The zero-order valence-electron chi connectivity index (χ0n) is 70.9. The third kappa shape index (κ3) is 47.4. The first kappa shape index (κ1) is 111. The summed E-state index contributed by atoms with van der Waals surface area (Å²) in [6.45, 7) is 9.47. The average Bonchev–Trinajstić information content (AvgIpc) is 0.768. The maximum Gasteiger partial charge on any atom is 0.397 e. The Morgan fingerprint density at radius 3 is 1.06 bits per heavy atom. The first-order valence-electron chi connectivity index (χ1n) is 42.3. The number of unbranched alkanes of at least 4 members (excludes halogenated alkanes) is 11. The Morgan fingerprint density at radius 2 is 0.637 bits per heavy atom. The van der Waals surface area contributed by atoms with Crippen LogP contribution in [-0.4, -0.2) is 388 Å². The molecule has 16 N–H and O–H groups in total. The van der Waals surface area contributed by atoms with E-state index in [4.69, 9.17) is 80.3 Å². The Kier molecular flexibility index (Phi) is 57.1. The molecule has 48 heteroatoms. The molecule has 20 unspecified atom stereocenters. The Bertz CT molecular complexity index is 3240. The van der Waals surface area contributed by atoms with Crippen molar-refractivity contribution in [1.29, 1.82) is 0 Å². The lowest BCUT2D eigenvalue weighted by Crippen LogP contribution is -2.66. The highest BCUT2D eigenvalue weighted by Crippen LogP contribution is 2.38. The SMILES string of the molecule is CC(=O)CCOCCOCCOCCNC(=O)CCCCCCCNC(=O)CCOCCCOCCC(=O)NCCCCCCCC(=O)NCCOCCOCCOCCC(=O)NCCCCCCOC1OC(C(=O)O)C(OC2OC(COS(=O)(=O)O)C(OC3OC(C(=O)O)C(OC4OC(COS(=O)(=O)O)C(O)C(O)C4C)C(O)C3O)C(O)C2C)C(O)C1O. The van der Waals surface area contributed by atoms with Gasteiger partial charge in [0.25, 0.3) is 0 Å². The third-order valence-corrected chi connectivity index (χ3v) is 20.8. The Balaban J connectivity index is 0.922. The molecular weight excluding hydrogens is 1700 g/mol. The average molecular weight is 1840 g/mol. The standard InChI is InChI=1S/C76H135N5O41S2/c1-49(82)21-33-107-39-43-111-45-41-109-37-28-80-54(83)19-12-6-4-8-14-25-77-56(85)22-34-105-30-18-31-106-35-23-57(86)78-26-15-9-5-7-13-20-55(84)81-29-38-110-42-46-112-44-40-108-36-24-58(87)79-27-16-10-11-17-32-113-75-64(93)62(91)67(69(121-75)71(95)96)120-74-51(3)60(89)66(53(117-74)48-115-124(102,103)104)118-76-65(94)63(92)68(70(122-76)72(97)98)119-73-50(2)59(88)61(90)52(116-73)47-114-123(99,100)101/h50-53,59-70,73-76,88-94H,4-48H2,1-3H3,(H,77,85)(H,78,86)(H,79,87)(H,80,83)(H,81,84)(H,95,96)(H,97,98)(H,99,100,101)(H,102,103,104). The van der Waals surface area contributed by atoms with Gasteiger partial charge in [-0.1, -0.05) is 65.2 Å². The minimum absolute atomic E-state index is 0.00106. The molecule has 4 aliphatic heterocycles. The predicted octanol–water partition coefficient (Wildman–Crippen LogP) is -2.84. The molecule has 4 rings (SSSR count). The molecule has 5 amide bonds. The summed E-state index contributed by atoms with van der Waals surface area (Å²) in [6, 6.07) is 0. The van der Waals surface area contributed by atoms with Gasteiger partial charge in [0, 0.05) is 103 Å². The van der Waals surface area contributed by atoms with E-state index in [0.29, 0.717) is 170 Å². The number of ketones is 1. The Morgan fingerprint density at radius 1 is 0.306 bits per heavy atom. The highest BCUT2D eigenvalue weighted by Gasteiger charge is 2.57. The van der Waals surface area contributed by atoms with Crippen LogP contribution in [0, 0.1) is 11.8 Å². The molecule has 124 heavy (non-hydrogen) atoms. The maximum absolute atomic E-state index is 12.6. The fourth-order valence-electron chi connectivity index (χ4n) is 12.8. The summed E-state index contributed by atoms with van der Waals surface area (Å²) in [5.41, 5.74) is 0. The molecule has 4 heterocycles. The van der Waals surface area contributed by atoms with E-state index in [1.54, 1.807) is 0 Å². The highest BCUT2D eigenvalue weighted by atomic mass is 32.3. The monoisotopic (exact) mass is 1840 g/mol. The first-order chi connectivity index (χ1) is 59.2. The molecule has 0 spiro atoms. The van der Waals surface area contributed by atoms with Crippen molar-refractivity contribution in [3.8, 4) is 0 Å². The number of aliphatic carboxylic acids is 2. The number of carbonyl (C=O) groups excluding carboxylic acids is 6. The molecule has 20 atom stereocenters. The van der Waals surface area contributed by atoms with Crippen LogP contribution in [0.15, 0.2) is 0 Å². The zero-order valence-corrected chi connectivity index (χ0v) is 72.5. The highest BCUT2D eigenvalue weighted by molar-refractivity contribution is 7.81. The van der Waals surface area contributed by atoms with Gasteiger partial charge in [0.15, 0.2) is 37.4 Å². The van der Waals surface area contributed by atoms with Gasteiger partial charge < -0.3 is 148 Å². The van der Waals surface area contributed by atoms with Crippen molar-refractivity contribution in [3.63, 3.8) is 0 Å². The van der Waals surface area contributed by atoms with Gasteiger partial charge in [0.05, 0.1) is 118 Å². The van der Waals surface area contributed by atoms with E-state index >= 15 is 0 Å². The van der Waals surface area contributed by atoms with Gasteiger partial charge in [-0.25, -0.2) is 18.0 Å². The number of carbonyl (C=O) groups is 8. The second-order valence-electron chi connectivity index (χ2n) is 30.0. The largest absolute Gasteiger partial charge is 0.479 e. The van der Waals surface area contributed by atoms with Crippen molar-refractivity contribution in [1.82, 2.24) is 26.6 Å². The van der Waals surface area contributed by atoms with Gasteiger partial charge in [0.2, 0.25) is 29.5 Å². The summed E-state index contributed by atoms with van der Waals surface area (Å²) < 4.78 is 162. The number of ether oxygens (including phenoxy) is 16. The lowest BCUT2D eigenvalue weighted by Gasteiger charge is -2.49. The summed E-state index contributed by atoms with van der Waals surface area (Å²) in [7, 11) is -10.4.